The van der Waals surface area contributed by atoms with E-state index in [1.807, 2.05) is 0 Å². The van der Waals surface area contributed by atoms with Gasteiger partial charge in [0.25, 0.3) is 0 Å². The van der Waals surface area contributed by atoms with Gasteiger partial charge in [0.05, 0.1) is 0 Å². The van der Waals surface area contributed by atoms with Gasteiger partial charge in [-0.15, -0.1) is 0 Å². The van der Waals surface area contributed by atoms with E-state index in [4.69, 9.17) is 0 Å². The molecule has 0 spiro atoms. The normalized spacial score (nSPS) is 0. The number of halogens is 4. The summed E-state index contributed by atoms with van der Waals surface area (Å²) >= 11 is 0. The van der Waals surface area contributed by atoms with Gasteiger partial charge in [0, 0.05) is 48.9 Å². The molecule has 0 heterocycles. The minimum absolute atomic E-state index is 0. The maximum atomic E-state index is 0. The van der Waals surface area contributed by atoms with Crippen LogP contribution in [0.25, 0.3) is 0 Å². The largest absolute Gasteiger partial charge is 4.00 e. The molecule has 0 unspecified atom stereocenters. The summed E-state index contributed by atoms with van der Waals surface area (Å²) in [5.74, 6) is 0. The molecule has 46 valence electrons. The van der Waals surface area contributed by atoms with E-state index in [-0.39, 0.29) is 88.8 Å². The molecule has 0 saturated carbocycles. The van der Waals surface area contributed by atoms with Crippen LogP contribution in [0.15, 0.2) is 0 Å². The molecule has 0 aliphatic rings. The molecular weight excluding hydrogens is 402 g/mol. The average molecular weight is 402 g/mol. The maximum absolute atomic E-state index is 0. The topological polar surface area (TPSA) is 0 Å². The Bertz CT molecular complexity index is 7.51. The second kappa shape index (κ2) is 63.7. The van der Waals surface area contributed by atoms with Gasteiger partial charge in [0.2, 0.25) is 0 Å². The van der Waals surface area contributed by atoms with E-state index < -0.39 is 0 Å². The molecule has 6 heavy (non-hydrogen) atoms. The molecular formula is F4PtXe. The van der Waals surface area contributed by atoms with E-state index in [1.54, 1.807) is 0 Å². The first-order valence-electron chi connectivity index (χ1n) is 0. The Balaban J connectivity index is 0. The molecule has 0 saturated heterocycles. The third-order valence-electron chi connectivity index (χ3n) is 0. The molecule has 6 heteroatoms. The Hall–Kier alpha value is 1.98. The summed E-state index contributed by atoms with van der Waals surface area (Å²) in [6.45, 7) is 0. The van der Waals surface area contributed by atoms with Crippen LogP contribution in [-0.2, 0) is 21.1 Å². The van der Waals surface area contributed by atoms with Crippen molar-refractivity contribution in [3.05, 3.63) is 0 Å². The van der Waals surface area contributed by atoms with Gasteiger partial charge in [0.15, 0.2) is 0 Å². The van der Waals surface area contributed by atoms with E-state index >= 15 is 0 Å². The fraction of sp³-hybridized carbons (Fsp3) is 0. The Morgan fingerprint density at radius 1 is 0.500 bits per heavy atom. The van der Waals surface area contributed by atoms with Crippen LogP contribution in [0, 0.1) is 48.9 Å². The molecule has 0 fully saturated rings. The van der Waals surface area contributed by atoms with Crippen molar-refractivity contribution in [2.75, 3.05) is 0 Å². The maximum Gasteiger partial charge on any atom is 4.00 e. The SMILES string of the molecule is [F-].[F-].[F-].[F-].[Pt+4].[Xe]. The van der Waals surface area contributed by atoms with Crippen LogP contribution >= 0.6 is 0 Å². The summed E-state index contributed by atoms with van der Waals surface area (Å²) in [4.78, 5) is 0. The zero-order valence-electron chi connectivity index (χ0n) is 2.18. The Labute approximate surface area is 87.2 Å². The first kappa shape index (κ1) is 99.2. The zero-order valence-corrected chi connectivity index (χ0v) is 6.47. The van der Waals surface area contributed by atoms with Crippen molar-refractivity contribution in [2.24, 2.45) is 0 Å². The van der Waals surface area contributed by atoms with Crippen molar-refractivity contribution in [2.45, 2.75) is 0 Å². The molecule has 0 aliphatic heterocycles. The Kier molecular flexibility index (Phi) is 1050. The fourth-order valence-corrected chi connectivity index (χ4v) is 0. The number of hydrogen-bond donors (Lipinski definition) is 0. The molecule has 0 nitrogen and oxygen atoms in total. The second-order valence-corrected chi connectivity index (χ2v) is 0. The van der Waals surface area contributed by atoms with Gasteiger partial charge in [-0.25, -0.2) is 0 Å². The van der Waals surface area contributed by atoms with E-state index in [0.717, 1.165) is 0 Å². The second-order valence-electron chi connectivity index (χ2n) is 0. The first-order valence-corrected chi connectivity index (χ1v) is 0. The third kappa shape index (κ3) is 37.8. The quantitative estimate of drug-likeness (QED) is 0.353. The molecule has 0 aromatic heterocycles. The average Bonchev–Trinajstić information content (AvgIpc) is 0. The van der Waals surface area contributed by atoms with E-state index in [1.165, 1.54) is 0 Å². The van der Waals surface area contributed by atoms with Crippen molar-refractivity contribution in [1.29, 1.82) is 0 Å². The Morgan fingerprint density at radius 3 is 0.500 bits per heavy atom. The number of rotatable bonds is 0. The van der Waals surface area contributed by atoms with Crippen molar-refractivity contribution in [3.8, 4) is 0 Å². The van der Waals surface area contributed by atoms with Crippen LogP contribution in [0.4, 0.5) is 0 Å². The van der Waals surface area contributed by atoms with Gasteiger partial charge in [-0.3, -0.25) is 0 Å². The van der Waals surface area contributed by atoms with Crippen LogP contribution in [0.1, 0.15) is 0 Å². The predicted octanol–water partition coefficient (Wildman–Crippen LogP) is -12.0. The number of hydrogen-bond acceptors (Lipinski definition) is 0. The molecule has 0 rings (SSSR count). The van der Waals surface area contributed by atoms with Gasteiger partial charge in [0.1, 0.15) is 0 Å². The molecule has 0 amide bonds. The summed E-state index contributed by atoms with van der Waals surface area (Å²) in [7, 11) is 0. The van der Waals surface area contributed by atoms with Crippen molar-refractivity contribution in [1.82, 2.24) is 0 Å². The molecule has 0 atom stereocenters. The third-order valence-corrected chi connectivity index (χ3v) is 0. The van der Waals surface area contributed by atoms with E-state index in [9.17, 15) is 0 Å². The van der Waals surface area contributed by atoms with Gasteiger partial charge in [-0.1, -0.05) is 0 Å². The van der Waals surface area contributed by atoms with Crippen LogP contribution in [0.5, 0.6) is 0 Å². The smallest absolute Gasteiger partial charge is 1.00 e. The van der Waals surface area contributed by atoms with Crippen molar-refractivity contribution >= 4 is 0 Å². The van der Waals surface area contributed by atoms with Crippen LogP contribution < -0.4 is 18.8 Å². The molecule has 0 bridgehead atoms. The minimum Gasteiger partial charge on any atom is -1.00 e. The van der Waals surface area contributed by atoms with E-state index in [2.05, 4.69) is 0 Å². The molecule has 0 aromatic carbocycles. The van der Waals surface area contributed by atoms with Crippen LogP contribution in [0.3, 0.4) is 0 Å². The van der Waals surface area contributed by atoms with Gasteiger partial charge in [-0.2, -0.15) is 0 Å². The summed E-state index contributed by atoms with van der Waals surface area (Å²) in [5, 5.41) is 0. The molecule has 0 N–H and O–H groups in total. The van der Waals surface area contributed by atoms with Crippen molar-refractivity contribution < 1.29 is 88.8 Å². The van der Waals surface area contributed by atoms with Gasteiger partial charge in [-0.05, 0) is 0 Å². The van der Waals surface area contributed by atoms with Crippen LogP contribution in [-0.4, -0.2) is 0 Å². The predicted molar refractivity (Wildman–Crippen MR) is 0 cm³/mol. The van der Waals surface area contributed by atoms with Gasteiger partial charge < -0.3 is 18.8 Å². The molecule has 0 aliphatic carbocycles. The van der Waals surface area contributed by atoms with Crippen LogP contribution in [0.2, 0.25) is 0 Å². The summed E-state index contributed by atoms with van der Waals surface area (Å²) < 4.78 is 0. The first-order chi connectivity index (χ1) is 0. The van der Waals surface area contributed by atoms with E-state index in [0.29, 0.717) is 0 Å². The summed E-state index contributed by atoms with van der Waals surface area (Å²) in [6, 6.07) is 0. The summed E-state index contributed by atoms with van der Waals surface area (Å²) in [5.41, 5.74) is 0. The molecule has 0 radical (unpaired) electrons. The van der Waals surface area contributed by atoms with Crippen molar-refractivity contribution in [3.63, 3.8) is 0 Å². The standard InChI is InChI=1S/4FH.Pt.Xe/h4*1H;;/q;;;;+4;/p-4. The molecule has 0 aromatic rings. The fourth-order valence-electron chi connectivity index (χ4n) is 0. The van der Waals surface area contributed by atoms with Gasteiger partial charge >= 0.3 is 21.1 Å². The zero-order chi connectivity index (χ0) is 0. The summed E-state index contributed by atoms with van der Waals surface area (Å²) in [6.07, 6.45) is 0. The minimum atomic E-state index is 0. The Morgan fingerprint density at radius 2 is 0.500 bits per heavy atom. The monoisotopic (exact) mass is 403 g/mol.